The van der Waals surface area contributed by atoms with Crippen LogP contribution in [0.1, 0.15) is 59.5 Å². The Balaban J connectivity index is 1.53. The molecule has 0 unspecified atom stereocenters. The van der Waals surface area contributed by atoms with Crippen molar-refractivity contribution in [1.29, 1.82) is 0 Å². The standard InChI is InChI=1S/C23H26N2O4/c26-21(24-15-22(27)28)14-16-6-12-20(13-7-16)25-23(29)19-10-8-18(9-11-19)17-4-2-1-3-5-17/h6-13,17H,1-5,14-15H2,(H,24,26)(H,25,29)(H,27,28). The molecule has 2 aromatic carbocycles. The van der Waals surface area contributed by atoms with E-state index in [9.17, 15) is 14.4 Å². The van der Waals surface area contributed by atoms with Crippen molar-refractivity contribution in [3.8, 4) is 0 Å². The van der Waals surface area contributed by atoms with Crippen molar-refractivity contribution in [2.24, 2.45) is 0 Å². The third-order valence-electron chi connectivity index (χ3n) is 5.26. The fraction of sp³-hybridized carbons (Fsp3) is 0.348. The van der Waals surface area contributed by atoms with Gasteiger partial charge in [0.05, 0.1) is 6.42 Å². The highest BCUT2D eigenvalue weighted by Crippen LogP contribution is 2.32. The molecule has 6 nitrogen and oxygen atoms in total. The Labute approximate surface area is 170 Å². The number of hydrogen-bond acceptors (Lipinski definition) is 3. The molecule has 1 aliphatic carbocycles. The van der Waals surface area contributed by atoms with E-state index in [0.29, 0.717) is 17.2 Å². The van der Waals surface area contributed by atoms with Crippen LogP contribution in [0.4, 0.5) is 5.69 Å². The van der Waals surface area contributed by atoms with Crippen molar-refractivity contribution < 1.29 is 19.5 Å². The zero-order chi connectivity index (χ0) is 20.6. The lowest BCUT2D eigenvalue weighted by Crippen LogP contribution is -2.30. The number of benzene rings is 2. The SMILES string of the molecule is O=C(O)CNC(=O)Cc1ccc(NC(=O)c2ccc(C3CCCCC3)cc2)cc1. The summed E-state index contributed by atoms with van der Waals surface area (Å²) in [7, 11) is 0. The minimum absolute atomic E-state index is 0.0874. The number of hydrogen-bond donors (Lipinski definition) is 3. The van der Waals surface area contributed by atoms with E-state index in [4.69, 9.17) is 5.11 Å². The molecule has 0 bridgehead atoms. The highest BCUT2D eigenvalue weighted by Gasteiger charge is 2.16. The second kappa shape index (κ2) is 9.87. The average molecular weight is 394 g/mol. The van der Waals surface area contributed by atoms with Crippen LogP contribution in [0.25, 0.3) is 0 Å². The van der Waals surface area contributed by atoms with E-state index >= 15 is 0 Å². The third-order valence-corrected chi connectivity index (χ3v) is 5.26. The van der Waals surface area contributed by atoms with Gasteiger partial charge < -0.3 is 15.7 Å². The molecule has 0 spiro atoms. The molecule has 0 radical (unpaired) electrons. The van der Waals surface area contributed by atoms with Gasteiger partial charge in [0.1, 0.15) is 6.54 Å². The number of carboxylic acids is 1. The summed E-state index contributed by atoms with van der Waals surface area (Å²) < 4.78 is 0. The Morgan fingerprint density at radius 3 is 2.17 bits per heavy atom. The number of carboxylic acid groups (broad SMARTS) is 1. The summed E-state index contributed by atoms with van der Waals surface area (Å²) in [5, 5.41) is 13.7. The number of carbonyl (C=O) groups excluding carboxylic acids is 2. The number of amides is 2. The Kier molecular flexibility index (Phi) is 7.00. The van der Waals surface area contributed by atoms with Crippen molar-refractivity contribution in [2.45, 2.75) is 44.4 Å². The molecule has 3 rings (SSSR count). The summed E-state index contributed by atoms with van der Waals surface area (Å²) in [4.78, 5) is 34.6. The number of carbonyl (C=O) groups is 3. The number of rotatable bonds is 7. The molecule has 1 saturated carbocycles. The quantitative estimate of drug-likeness (QED) is 0.667. The van der Waals surface area contributed by atoms with E-state index in [1.54, 1.807) is 24.3 Å². The first kappa shape index (κ1) is 20.6. The molecule has 2 aromatic rings. The van der Waals surface area contributed by atoms with E-state index in [0.717, 1.165) is 5.56 Å². The lowest BCUT2D eigenvalue weighted by atomic mass is 9.84. The van der Waals surface area contributed by atoms with Crippen LogP contribution in [-0.2, 0) is 16.0 Å². The Bertz CT molecular complexity index is 853. The molecular formula is C23H26N2O4. The van der Waals surface area contributed by atoms with Gasteiger partial charge in [-0.3, -0.25) is 14.4 Å². The van der Waals surface area contributed by atoms with Crippen molar-refractivity contribution in [3.05, 3.63) is 65.2 Å². The Morgan fingerprint density at radius 1 is 0.897 bits per heavy atom. The van der Waals surface area contributed by atoms with E-state index in [1.165, 1.54) is 37.7 Å². The van der Waals surface area contributed by atoms with Gasteiger partial charge in [-0.15, -0.1) is 0 Å². The molecule has 2 amide bonds. The van der Waals surface area contributed by atoms with E-state index in [1.807, 2.05) is 12.1 Å². The molecule has 0 heterocycles. The second-order valence-electron chi connectivity index (χ2n) is 7.46. The summed E-state index contributed by atoms with van der Waals surface area (Å²) >= 11 is 0. The van der Waals surface area contributed by atoms with Gasteiger partial charge in [0, 0.05) is 11.3 Å². The molecule has 0 saturated heterocycles. The first-order valence-electron chi connectivity index (χ1n) is 10.00. The molecule has 3 N–H and O–H groups in total. The summed E-state index contributed by atoms with van der Waals surface area (Å²) in [5.41, 5.74) is 3.30. The average Bonchev–Trinajstić information content (AvgIpc) is 2.74. The maximum Gasteiger partial charge on any atom is 0.322 e. The van der Waals surface area contributed by atoms with E-state index < -0.39 is 12.5 Å². The van der Waals surface area contributed by atoms with Crippen LogP contribution < -0.4 is 10.6 Å². The van der Waals surface area contributed by atoms with E-state index in [-0.39, 0.29) is 18.2 Å². The van der Waals surface area contributed by atoms with Gasteiger partial charge in [-0.1, -0.05) is 43.5 Å². The zero-order valence-electron chi connectivity index (χ0n) is 16.3. The lowest BCUT2D eigenvalue weighted by Gasteiger charge is -2.22. The molecule has 152 valence electrons. The molecule has 1 fully saturated rings. The van der Waals surface area contributed by atoms with Crippen molar-refractivity contribution in [3.63, 3.8) is 0 Å². The van der Waals surface area contributed by atoms with Crippen LogP contribution in [0.15, 0.2) is 48.5 Å². The van der Waals surface area contributed by atoms with Crippen LogP contribution in [0, 0.1) is 0 Å². The lowest BCUT2D eigenvalue weighted by molar-refractivity contribution is -0.137. The Morgan fingerprint density at radius 2 is 1.55 bits per heavy atom. The van der Waals surface area contributed by atoms with Crippen molar-refractivity contribution >= 4 is 23.5 Å². The predicted octanol–water partition coefficient (Wildman–Crippen LogP) is 3.73. The van der Waals surface area contributed by atoms with Crippen molar-refractivity contribution in [1.82, 2.24) is 5.32 Å². The molecule has 1 aliphatic rings. The molecule has 0 aromatic heterocycles. The van der Waals surface area contributed by atoms with Crippen molar-refractivity contribution in [2.75, 3.05) is 11.9 Å². The monoisotopic (exact) mass is 394 g/mol. The second-order valence-corrected chi connectivity index (χ2v) is 7.46. The number of anilines is 1. The molecule has 29 heavy (non-hydrogen) atoms. The van der Waals surface area contributed by atoms with Crippen LogP contribution in [-0.4, -0.2) is 29.4 Å². The minimum atomic E-state index is -1.08. The summed E-state index contributed by atoms with van der Waals surface area (Å²) in [6.45, 7) is -0.396. The van der Waals surface area contributed by atoms with Gasteiger partial charge in [-0.2, -0.15) is 0 Å². The maximum atomic E-state index is 12.5. The van der Waals surface area contributed by atoms with Gasteiger partial charge in [0.2, 0.25) is 5.91 Å². The molecule has 0 aliphatic heterocycles. The smallest absolute Gasteiger partial charge is 0.322 e. The van der Waals surface area contributed by atoms with Crippen LogP contribution in [0.2, 0.25) is 0 Å². The third kappa shape index (κ3) is 6.17. The molecule has 0 atom stereocenters. The summed E-state index contributed by atoms with van der Waals surface area (Å²) in [6, 6.07) is 14.8. The van der Waals surface area contributed by atoms with Crippen LogP contribution in [0.5, 0.6) is 0 Å². The van der Waals surface area contributed by atoms with Gasteiger partial charge >= 0.3 is 5.97 Å². The van der Waals surface area contributed by atoms with Crippen LogP contribution >= 0.6 is 0 Å². The number of nitrogens with one attached hydrogen (secondary N) is 2. The fourth-order valence-electron chi connectivity index (χ4n) is 3.67. The normalized spacial score (nSPS) is 14.2. The summed E-state index contributed by atoms with van der Waals surface area (Å²) in [5.74, 6) is -1.00. The first-order chi connectivity index (χ1) is 14.0. The number of aliphatic carboxylic acids is 1. The highest BCUT2D eigenvalue weighted by molar-refractivity contribution is 6.04. The van der Waals surface area contributed by atoms with E-state index in [2.05, 4.69) is 22.8 Å². The predicted molar refractivity (Wildman–Crippen MR) is 111 cm³/mol. The first-order valence-corrected chi connectivity index (χ1v) is 10.00. The summed E-state index contributed by atoms with van der Waals surface area (Å²) in [6.07, 6.45) is 6.43. The van der Waals surface area contributed by atoms with Gasteiger partial charge in [-0.25, -0.2) is 0 Å². The maximum absolute atomic E-state index is 12.5. The zero-order valence-corrected chi connectivity index (χ0v) is 16.3. The van der Waals surface area contributed by atoms with Crippen LogP contribution in [0.3, 0.4) is 0 Å². The largest absolute Gasteiger partial charge is 0.480 e. The van der Waals surface area contributed by atoms with Gasteiger partial charge in [0.25, 0.3) is 5.91 Å². The molecular weight excluding hydrogens is 368 g/mol. The Hall–Kier alpha value is -3.15. The minimum Gasteiger partial charge on any atom is -0.480 e. The molecule has 6 heteroatoms. The van der Waals surface area contributed by atoms with Gasteiger partial charge in [-0.05, 0) is 54.2 Å². The fourth-order valence-corrected chi connectivity index (χ4v) is 3.67. The van der Waals surface area contributed by atoms with Gasteiger partial charge in [0.15, 0.2) is 0 Å². The highest BCUT2D eigenvalue weighted by atomic mass is 16.4. The topological polar surface area (TPSA) is 95.5 Å².